The number of nitrogens with one attached hydrogen (secondary N) is 2. The molecule has 1 aliphatic rings. The molecule has 3 rings (SSSR count). The first kappa shape index (κ1) is 21.4. The highest BCUT2D eigenvalue weighted by Crippen LogP contribution is 2.38. The van der Waals surface area contributed by atoms with Crippen LogP contribution in [0.1, 0.15) is 60.7 Å². The Bertz CT molecular complexity index is 936. The van der Waals surface area contributed by atoms with Crippen molar-refractivity contribution < 1.29 is 22.5 Å². The molecule has 0 saturated heterocycles. The van der Waals surface area contributed by atoms with Crippen LogP contribution in [0, 0.1) is 5.92 Å². The fourth-order valence-corrected chi connectivity index (χ4v) is 3.78. The van der Waals surface area contributed by atoms with Crippen LogP contribution in [0.25, 0.3) is 0 Å². The van der Waals surface area contributed by atoms with E-state index < -0.39 is 16.1 Å². The quantitative estimate of drug-likeness (QED) is 0.561. The SMILES string of the molecule is COCCNS(=O)(=O)c1ccc(C(=O)NC(c2nc(C3CC3)no2)C(C)C)cc1. The molecule has 1 aromatic heterocycles. The van der Waals surface area contributed by atoms with Crippen molar-refractivity contribution in [2.75, 3.05) is 20.3 Å². The van der Waals surface area contributed by atoms with Gasteiger partial charge < -0.3 is 14.6 Å². The van der Waals surface area contributed by atoms with Crippen molar-refractivity contribution in [3.05, 3.63) is 41.5 Å². The number of amides is 1. The van der Waals surface area contributed by atoms with Crippen LogP contribution in [-0.2, 0) is 14.8 Å². The smallest absolute Gasteiger partial charge is 0.251 e. The summed E-state index contributed by atoms with van der Waals surface area (Å²) in [7, 11) is -2.16. The molecule has 1 aliphatic carbocycles. The summed E-state index contributed by atoms with van der Waals surface area (Å²) in [4.78, 5) is 17.2. The standard InChI is InChI=1S/C19H26N4O5S/c1-12(2)16(19-22-17(23-28-19)13-4-5-13)21-18(24)14-6-8-15(9-7-14)29(25,26)20-10-11-27-3/h6-9,12-13,16,20H,4-5,10-11H2,1-3H3,(H,21,24). The summed E-state index contributed by atoms with van der Waals surface area (Å²) >= 11 is 0. The van der Waals surface area contributed by atoms with Crippen LogP contribution in [0.5, 0.6) is 0 Å². The molecular formula is C19H26N4O5S. The second-order valence-electron chi connectivity index (χ2n) is 7.38. The van der Waals surface area contributed by atoms with Gasteiger partial charge in [-0.3, -0.25) is 4.79 Å². The van der Waals surface area contributed by atoms with Crippen LogP contribution in [0.15, 0.2) is 33.7 Å². The van der Waals surface area contributed by atoms with E-state index in [9.17, 15) is 13.2 Å². The predicted molar refractivity (Wildman–Crippen MR) is 105 cm³/mol. The molecule has 2 aromatic rings. The molecule has 0 spiro atoms. The van der Waals surface area contributed by atoms with E-state index in [4.69, 9.17) is 9.26 Å². The second-order valence-corrected chi connectivity index (χ2v) is 9.14. The normalized spacial score (nSPS) is 15.4. The van der Waals surface area contributed by atoms with Gasteiger partial charge in [-0.2, -0.15) is 4.98 Å². The van der Waals surface area contributed by atoms with Crippen molar-refractivity contribution in [3.8, 4) is 0 Å². The first-order valence-electron chi connectivity index (χ1n) is 9.55. The second kappa shape index (κ2) is 9.02. The Morgan fingerprint density at radius 3 is 2.55 bits per heavy atom. The van der Waals surface area contributed by atoms with Crippen molar-refractivity contribution in [1.82, 2.24) is 20.2 Å². The molecule has 1 heterocycles. The Balaban J connectivity index is 1.68. The highest BCUT2D eigenvalue weighted by atomic mass is 32.2. The molecule has 1 aromatic carbocycles. The summed E-state index contributed by atoms with van der Waals surface area (Å²) in [6.45, 7) is 4.35. The molecule has 10 heteroatoms. The maximum absolute atomic E-state index is 12.7. The molecule has 0 aliphatic heterocycles. The van der Waals surface area contributed by atoms with Crippen LogP contribution in [0.3, 0.4) is 0 Å². The Labute approximate surface area is 170 Å². The Hall–Kier alpha value is -2.30. The van der Waals surface area contributed by atoms with Gasteiger partial charge in [-0.05, 0) is 43.0 Å². The summed E-state index contributed by atoms with van der Waals surface area (Å²) in [6, 6.07) is 5.31. The Morgan fingerprint density at radius 2 is 1.97 bits per heavy atom. The van der Waals surface area contributed by atoms with Gasteiger partial charge >= 0.3 is 0 Å². The van der Waals surface area contributed by atoms with Gasteiger partial charge in [-0.1, -0.05) is 19.0 Å². The lowest BCUT2D eigenvalue weighted by Crippen LogP contribution is -2.32. The highest BCUT2D eigenvalue weighted by molar-refractivity contribution is 7.89. The molecule has 1 saturated carbocycles. The van der Waals surface area contributed by atoms with Gasteiger partial charge in [0.2, 0.25) is 15.9 Å². The number of carbonyl (C=O) groups excluding carboxylic acids is 1. The monoisotopic (exact) mass is 422 g/mol. The van der Waals surface area contributed by atoms with Crippen molar-refractivity contribution in [1.29, 1.82) is 0 Å². The topological polar surface area (TPSA) is 123 Å². The van der Waals surface area contributed by atoms with Gasteiger partial charge in [0.1, 0.15) is 6.04 Å². The van der Waals surface area contributed by atoms with Gasteiger partial charge in [-0.15, -0.1) is 0 Å². The lowest BCUT2D eigenvalue weighted by molar-refractivity contribution is 0.0914. The molecule has 9 nitrogen and oxygen atoms in total. The summed E-state index contributed by atoms with van der Waals surface area (Å²) in [5.41, 5.74) is 0.341. The highest BCUT2D eigenvalue weighted by Gasteiger charge is 2.31. The van der Waals surface area contributed by atoms with Gasteiger partial charge in [0.15, 0.2) is 5.82 Å². The molecular weight excluding hydrogens is 396 g/mol. The summed E-state index contributed by atoms with van der Waals surface area (Å²) in [5.74, 6) is 1.14. The molecule has 0 radical (unpaired) electrons. The first-order valence-corrected chi connectivity index (χ1v) is 11.0. The third kappa shape index (κ3) is 5.40. The van der Waals surface area contributed by atoms with Crippen molar-refractivity contribution >= 4 is 15.9 Å². The minimum atomic E-state index is -3.65. The lowest BCUT2D eigenvalue weighted by atomic mass is 10.0. The molecule has 1 fully saturated rings. The van der Waals surface area contributed by atoms with E-state index in [-0.39, 0.29) is 29.9 Å². The number of nitrogens with zero attached hydrogens (tertiary/aromatic N) is 2. The van der Waals surface area contributed by atoms with Gasteiger partial charge in [0.25, 0.3) is 5.91 Å². The number of benzene rings is 1. The zero-order valence-electron chi connectivity index (χ0n) is 16.7. The van der Waals surface area contributed by atoms with Gasteiger partial charge in [0, 0.05) is 25.1 Å². The number of sulfonamides is 1. The van der Waals surface area contributed by atoms with E-state index in [1.807, 2.05) is 13.8 Å². The average Bonchev–Trinajstić information content (AvgIpc) is 3.43. The Morgan fingerprint density at radius 1 is 1.28 bits per heavy atom. The zero-order valence-corrected chi connectivity index (χ0v) is 17.5. The average molecular weight is 423 g/mol. The number of rotatable bonds is 10. The van der Waals surface area contributed by atoms with Crippen LogP contribution in [0.4, 0.5) is 0 Å². The number of hydrogen-bond acceptors (Lipinski definition) is 7. The van der Waals surface area contributed by atoms with Crippen molar-refractivity contribution in [3.63, 3.8) is 0 Å². The molecule has 2 N–H and O–H groups in total. The van der Waals surface area contributed by atoms with E-state index in [0.29, 0.717) is 23.2 Å². The van der Waals surface area contributed by atoms with Gasteiger partial charge in [0.05, 0.1) is 11.5 Å². The summed E-state index contributed by atoms with van der Waals surface area (Å²) in [5, 5.41) is 6.92. The third-order valence-corrected chi connectivity index (χ3v) is 6.12. The van der Waals surface area contributed by atoms with E-state index in [1.165, 1.54) is 31.4 Å². The molecule has 1 unspecified atom stereocenters. The van der Waals surface area contributed by atoms with E-state index in [1.54, 1.807) is 0 Å². The molecule has 1 amide bonds. The Kier molecular flexibility index (Phi) is 6.66. The number of methoxy groups -OCH3 is 1. The predicted octanol–water partition coefficient (Wildman–Crippen LogP) is 2.00. The largest absolute Gasteiger partial charge is 0.383 e. The van der Waals surface area contributed by atoms with Crippen LogP contribution in [0.2, 0.25) is 0 Å². The maximum atomic E-state index is 12.7. The number of aromatic nitrogens is 2. The minimum Gasteiger partial charge on any atom is -0.383 e. The minimum absolute atomic E-state index is 0.0380. The first-order chi connectivity index (χ1) is 13.8. The van der Waals surface area contributed by atoms with E-state index in [2.05, 4.69) is 20.2 Å². The molecule has 158 valence electrons. The molecule has 0 bridgehead atoms. The number of ether oxygens (including phenoxy) is 1. The fraction of sp³-hybridized carbons (Fsp3) is 0.526. The van der Waals surface area contributed by atoms with E-state index in [0.717, 1.165) is 12.8 Å². The maximum Gasteiger partial charge on any atom is 0.251 e. The molecule has 29 heavy (non-hydrogen) atoms. The zero-order chi connectivity index (χ0) is 21.0. The third-order valence-electron chi connectivity index (χ3n) is 4.64. The number of carbonyl (C=O) groups is 1. The van der Waals surface area contributed by atoms with Gasteiger partial charge in [-0.25, -0.2) is 13.1 Å². The summed E-state index contributed by atoms with van der Waals surface area (Å²) in [6.07, 6.45) is 2.13. The summed E-state index contributed by atoms with van der Waals surface area (Å²) < 4.78 is 37.0. The molecule has 1 atom stereocenters. The van der Waals surface area contributed by atoms with Crippen LogP contribution >= 0.6 is 0 Å². The van der Waals surface area contributed by atoms with Crippen LogP contribution < -0.4 is 10.0 Å². The number of hydrogen-bond donors (Lipinski definition) is 2. The van der Waals surface area contributed by atoms with E-state index >= 15 is 0 Å². The van der Waals surface area contributed by atoms with Crippen molar-refractivity contribution in [2.24, 2.45) is 5.92 Å². The van der Waals surface area contributed by atoms with Crippen molar-refractivity contribution in [2.45, 2.75) is 43.5 Å². The fourth-order valence-electron chi connectivity index (χ4n) is 2.77. The lowest BCUT2D eigenvalue weighted by Gasteiger charge is -2.18. The van der Waals surface area contributed by atoms with Crippen LogP contribution in [-0.4, -0.2) is 44.7 Å².